The lowest BCUT2D eigenvalue weighted by atomic mass is 9.99. The lowest BCUT2D eigenvalue weighted by Gasteiger charge is -2.26. The number of nitriles is 4. The quantitative estimate of drug-likeness (QED) is 0.231. The van der Waals surface area contributed by atoms with Gasteiger partial charge in [0.15, 0.2) is 0 Å². The maximum absolute atomic E-state index is 9.46. The summed E-state index contributed by atoms with van der Waals surface area (Å²) in [6, 6.07) is 45.6. The summed E-state index contributed by atoms with van der Waals surface area (Å²) in [7, 11) is 0. The van der Waals surface area contributed by atoms with E-state index in [1.807, 2.05) is 91.0 Å². The Morgan fingerprint density at radius 3 is 1.34 bits per heavy atom. The summed E-state index contributed by atoms with van der Waals surface area (Å²) in [6.45, 7) is 0. The Balaban J connectivity index is 1.47. The number of anilines is 3. The van der Waals surface area contributed by atoms with Crippen molar-refractivity contribution >= 4 is 38.6 Å². The summed E-state index contributed by atoms with van der Waals surface area (Å²) in [5.74, 6) is 0. The van der Waals surface area contributed by atoms with Crippen molar-refractivity contribution in [3.63, 3.8) is 0 Å². The minimum atomic E-state index is 0.349. The molecule has 0 radical (unpaired) electrons. The van der Waals surface area contributed by atoms with Crippen molar-refractivity contribution < 1.29 is 0 Å². The highest BCUT2D eigenvalue weighted by Crippen LogP contribution is 2.38. The molecule has 41 heavy (non-hydrogen) atoms. The summed E-state index contributed by atoms with van der Waals surface area (Å²) < 4.78 is 0. The Morgan fingerprint density at radius 1 is 0.366 bits per heavy atom. The van der Waals surface area contributed by atoms with Gasteiger partial charge in [0.2, 0.25) is 0 Å². The number of nitrogens with zero attached hydrogens (tertiary/aromatic N) is 5. The average Bonchev–Trinajstić information content (AvgIpc) is 3.04. The number of rotatable bonds is 4. The standard InChI is InChI=1S/C36H19N5/c37-20-24-1-3-30-18-35(13-9-27(30)15-24)41(36-14-10-28-16-25(21-38)2-4-31(28)19-36)34-11-7-26(8-12-34)29-5-6-32(22-39)33(17-29)23-40/h1-19H. The second-order valence-corrected chi connectivity index (χ2v) is 9.58. The summed E-state index contributed by atoms with van der Waals surface area (Å²) in [6.07, 6.45) is 0. The van der Waals surface area contributed by atoms with Gasteiger partial charge in [-0.3, -0.25) is 0 Å². The van der Waals surface area contributed by atoms with Crippen molar-refractivity contribution in [2.45, 2.75) is 0 Å². The highest BCUT2D eigenvalue weighted by molar-refractivity contribution is 5.93. The van der Waals surface area contributed by atoms with Gasteiger partial charge in [-0.1, -0.05) is 42.5 Å². The van der Waals surface area contributed by atoms with E-state index in [4.69, 9.17) is 0 Å². The zero-order valence-electron chi connectivity index (χ0n) is 21.7. The number of hydrogen-bond donors (Lipinski definition) is 0. The van der Waals surface area contributed by atoms with Crippen LogP contribution in [-0.2, 0) is 0 Å². The first kappa shape index (κ1) is 24.9. The second kappa shape index (κ2) is 10.4. The molecule has 0 atom stereocenters. The second-order valence-electron chi connectivity index (χ2n) is 9.58. The van der Waals surface area contributed by atoms with Crippen LogP contribution in [0.1, 0.15) is 22.3 Å². The lowest BCUT2D eigenvalue weighted by Crippen LogP contribution is -2.10. The van der Waals surface area contributed by atoms with Crippen LogP contribution < -0.4 is 4.90 Å². The molecule has 6 rings (SSSR count). The van der Waals surface area contributed by atoms with Crippen LogP contribution in [0.2, 0.25) is 0 Å². The van der Waals surface area contributed by atoms with E-state index in [-0.39, 0.29) is 0 Å². The SMILES string of the molecule is N#Cc1ccc2cc(N(c3ccc(-c4ccc(C#N)c(C#N)c4)cc3)c3ccc4cc(C#N)ccc4c3)ccc2c1. The maximum Gasteiger partial charge on any atom is 0.101 e. The van der Waals surface area contributed by atoms with Crippen LogP contribution in [-0.4, -0.2) is 0 Å². The largest absolute Gasteiger partial charge is 0.310 e. The van der Waals surface area contributed by atoms with Crippen molar-refractivity contribution in [1.29, 1.82) is 21.0 Å². The van der Waals surface area contributed by atoms with E-state index in [1.54, 1.807) is 12.1 Å². The van der Waals surface area contributed by atoms with Crippen LogP contribution in [0.4, 0.5) is 17.1 Å². The highest BCUT2D eigenvalue weighted by Gasteiger charge is 2.15. The van der Waals surface area contributed by atoms with Crippen molar-refractivity contribution in [3.8, 4) is 35.4 Å². The third kappa shape index (κ3) is 4.69. The van der Waals surface area contributed by atoms with Gasteiger partial charge in [-0.2, -0.15) is 21.0 Å². The van der Waals surface area contributed by atoms with Gasteiger partial charge in [0, 0.05) is 17.1 Å². The molecule has 0 N–H and O–H groups in total. The third-order valence-electron chi connectivity index (χ3n) is 7.14. The fourth-order valence-corrected chi connectivity index (χ4v) is 5.05. The molecule has 5 nitrogen and oxygen atoms in total. The van der Waals surface area contributed by atoms with Crippen LogP contribution >= 0.6 is 0 Å². The van der Waals surface area contributed by atoms with Crippen LogP contribution in [0, 0.1) is 45.3 Å². The molecule has 0 bridgehead atoms. The van der Waals surface area contributed by atoms with Crippen molar-refractivity contribution in [1.82, 2.24) is 0 Å². The molecular formula is C36H19N5. The minimum absolute atomic E-state index is 0.349. The molecule has 0 aliphatic carbocycles. The van der Waals surface area contributed by atoms with E-state index in [0.717, 1.165) is 49.7 Å². The first-order valence-electron chi connectivity index (χ1n) is 12.8. The Hall–Kier alpha value is -6.40. The Morgan fingerprint density at radius 2 is 0.829 bits per heavy atom. The summed E-state index contributed by atoms with van der Waals surface area (Å²) in [5, 5.41) is 41.4. The average molecular weight is 522 g/mol. The molecule has 0 aromatic heterocycles. The third-order valence-corrected chi connectivity index (χ3v) is 7.14. The molecule has 6 aromatic rings. The van der Waals surface area contributed by atoms with Gasteiger partial charge < -0.3 is 4.90 Å². The van der Waals surface area contributed by atoms with E-state index in [2.05, 4.69) is 41.3 Å². The Bertz CT molecular complexity index is 2050. The molecule has 0 saturated heterocycles. The van der Waals surface area contributed by atoms with Gasteiger partial charge in [-0.05, 0) is 105 Å². The summed E-state index contributed by atoms with van der Waals surface area (Å²) in [5.41, 5.74) is 6.57. The first-order valence-corrected chi connectivity index (χ1v) is 12.8. The van der Waals surface area contributed by atoms with Crippen LogP contribution in [0.15, 0.2) is 115 Å². The van der Waals surface area contributed by atoms with Gasteiger partial charge in [0.1, 0.15) is 12.1 Å². The fourth-order valence-electron chi connectivity index (χ4n) is 5.05. The van der Waals surface area contributed by atoms with E-state index < -0.39 is 0 Å². The van der Waals surface area contributed by atoms with Crippen molar-refractivity contribution in [2.75, 3.05) is 4.90 Å². The van der Waals surface area contributed by atoms with E-state index in [1.165, 1.54) is 0 Å². The maximum atomic E-state index is 9.46. The Kier molecular flexibility index (Phi) is 6.32. The van der Waals surface area contributed by atoms with E-state index >= 15 is 0 Å². The smallest absolute Gasteiger partial charge is 0.101 e. The molecule has 0 fully saturated rings. The molecule has 5 heteroatoms. The predicted octanol–water partition coefficient (Wildman–Crippen LogP) is 8.62. The number of fused-ring (bicyclic) bond motifs is 2. The number of hydrogen-bond acceptors (Lipinski definition) is 5. The monoisotopic (exact) mass is 521 g/mol. The molecule has 0 aliphatic heterocycles. The fraction of sp³-hybridized carbons (Fsp3) is 0. The molecule has 0 unspecified atom stereocenters. The Labute approximate surface area is 237 Å². The molecule has 0 heterocycles. The van der Waals surface area contributed by atoms with Gasteiger partial charge >= 0.3 is 0 Å². The summed E-state index contributed by atoms with van der Waals surface area (Å²) in [4.78, 5) is 2.17. The zero-order valence-corrected chi connectivity index (χ0v) is 21.7. The molecule has 0 amide bonds. The van der Waals surface area contributed by atoms with Gasteiger partial charge in [-0.15, -0.1) is 0 Å². The summed E-state index contributed by atoms with van der Waals surface area (Å²) >= 11 is 0. The molecule has 6 aromatic carbocycles. The molecule has 0 saturated carbocycles. The van der Waals surface area contributed by atoms with Gasteiger partial charge in [-0.25, -0.2) is 0 Å². The lowest BCUT2D eigenvalue weighted by molar-refractivity contribution is 1.29. The highest BCUT2D eigenvalue weighted by atomic mass is 15.1. The van der Waals surface area contributed by atoms with Crippen LogP contribution in [0.5, 0.6) is 0 Å². The van der Waals surface area contributed by atoms with E-state index in [9.17, 15) is 21.0 Å². The van der Waals surface area contributed by atoms with Crippen molar-refractivity contribution in [3.05, 3.63) is 138 Å². The number of benzene rings is 6. The zero-order chi connectivity index (χ0) is 28.3. The normalized spacial score (nSPS) is 10.3. The molecular weight excluding hydrogens is 502 g/mol. The van der Waals surface area contributed by atoms with E-state index in [0.29, 0.717) is 22.3 Å². The molecule has 0 aliphatic rings. The van der Waals surface area contributed by atoms with Gasteiger partial charge in [0.25, 0.3) is 0 Å². The van der Waals surface area contributed by atoms with Crippen molar-refractivity contribution in [2.24, 2.45) is 0 Å². The topological polar surface area (TPSA) is 98.4 Å². The van der Waals surface area contributed by atoms with Crippen LogP contribution in [0.25, 0.3) is 32.7 Å². The first-order chi connectivity index (χ1) is 20.1. The van der Waals surface area contributed by atoms with Gasteiger partial charge in [0.05, 0.1) is 34.4 Å². The molecule has 0 spiro atoms. The molecule has 188 valence electrons. The predicted molar refractivity (Wildman–Crippen MR) is 160 cm³/mol. The van der Waals surface area contributed by atoms with Crippen LogP contribution in [0.3, 0.4) is 0 Å². The minimum Gasteiger partial charge on any atom is -0.310 e.